The first kappa shape index (κ1) is 13.6. The van der Waals surface area contributed by atoms with E-state index in [-0.39, 0.29) is 0 Å². The number of nitrogens with one attached hydrogen (secondary N) is 2. The largest absolute Gasteiger partial charge is 0.379 e. The molecule has 1 unspecified atom stereocenters. The molecule has 0 spiro atoms. The van der Waals surface area contributed by atoms with Gasteiger partial charge in [0.15, 0.2) is 0 Å². The molecule has 3 rings (SSSR count). The zero-order chi connectivity index (χ0) is 13.8. The maximum absolute atomic E-state index is 5.38. The van der Waals surface area contributed by atoms with Crippen LogP contribution in [0.4, 0.5) is 0 Å². The van der Waals surface area contributed by atoms with E-state index in [1.165, 1.54) is 16.5 Å². The van der Waals surface area contributed by atoms with Gasteiger partial charge in [-0.05, 0) is 36.1 Å². The van der Waals surface area contributed by atoms with Crippen LogP contribution in [0, 0.1) is 0 Å². The van der Waals surface area contributed by atoms with Crippen LogP contribution >= 0.6 is 0 Å². The number of aromatic nitrogens is 1. The van der Waals surface area contributed by atoms with Crippen molar-refractivity contribution in [1.29, 1.82) is 0 Å². The number of benzene rings is 1. The third-order valence-electron chi connectivity index (χ3n) is 3.91. The summed E-state index contributed by atoms with van der Waals surface area (Å²) in [5, 5.41) is 4.89. The number of hydrogen-bond acceptors (Lipinski definition) is 3. The molecule has 2 aromatic rings. The van der Waals surface area contributed by atoms with Crippen LogP contribution in [-0.2, 0) is 11.3 Å². The maximum Gasteiger partial charge on any atom is 0.0594 e. The van der Waals surface area contributed by atoms with Gasteiger partial charge in [0.2, 0.25) is 0 Å². The van der Waals surface area contributed by atoms with Crippen molar-refractivity contribution in [3.8, 4) is 0 Å². The fraction of sp³-hybridized carbons (Fsp3) is 0.500. The first-order valence-electron chi connectivity index (χ1n) is 7.41. The number of aromatic amines is 1. The molecule has 0 saturated carbocycles. The molecule has 4 nitrogen and oxygen atoms in total. The maximum atomic E-state index is 5.38. The van der Waals surface area contributed by atoms with Crippen molar-refractivity contribution in [2.45, 2.75) is 19.5 Å². The average molecular weight is 273 g/mol. The minimum Gasteiger partial charge on any atom is -0.379 e. The number of rotatable bonds is 5. The van der Waals surface area contributed by atoms with Crippen LogP contribution in [-0.4, -0.2) is 48.8 Å². The van der Waals surface area contributed by atoms with Gasteiger partial charge in [0.05, 0.1) is 13.2 Å². The Hall–Kier alpha value is -1.36. The molecule has 1 aliphatic heterocycles. The number of H-pyrrole nitrogens is 1. The van der Waals surface area contributed by atoms with Gasteiger partial charge in [-0.2, -0.15) is 0 Å². The predicted octanol–water partition coefficient (Wildman–Crippen LogP) is 1.98. The molecular weight excluding hydrogens is 250 g/mol. The van der Waals surface area contributed by atoms with E-state index in [2.05, 4.69) is 46.4 Å². The van der Waals surface area contributed by atoms with Crippen molar-refractivity contribution in [3.05, 3.63) is 36.0 Å². The fourth-order valence-corrected chi connectivity index (χ4v) is 2.74. The van der Waals surface area contributed by atoms with Gasteiger partial charge in [0, 0.05) is 43.9 Å². The Morgan fingerprint density at radius 2 is 2.15 bits per heavy atom. The molecule has 20 heavy (non-hydrogen) atoms. The minimum absolute atomic E-state index is 0.495. The summed E-state index contributed by atoms with van der Waals surface area (Å²) in [4.78, 5) is 5.70. The smallest absolute Gasteiger partial charge is 0.0594 e. The quantitative estimate of drug-likeness (QED) is 0.875. The number of morpholine rings is 1. The molecule has 1 aromatic heterocycles. The van der Waals surface area contributed by atoms with E-state index < -0.39 is 0 Å². The fourth-order valence-electron chi connectivity index (χ4n) is 2.74. The Morgan fingerprint density at radius 3 is 3.00 bits per heavy atom. The number of nitrogens with zero attached hydrogens (tertiary/aromatic N) is 1. The monoisotopic (exact) mass is 273 g/mol. The van der Waals surface area contributed by atoms with Gasteiger partial charge in [0.25, 0.3) is 0 Å². The lowest BCUT2D eigenvalue weighted by molar-refractivity contribution is 0.0343. The first-order chi connectivity index (χ1) is 9.81. The van der Waals surface area contributed by atoms with Gasteiger partial charge in [-0.25, -0.2) is 0 Å². The molecule has 2 N–H and O–H groups in total. The highest BCUT2D eigenvalue weighted by Gasteiger charge is 2.13. The van der Waals surface area contributed by atoms with Crippen LogP contribution in [0.1, 0.15) is 12.5 Å². The Balaban J connectivity index is 1.50. The van der Waals surface area contributed by atoms with Gasteiger partial charge >= 0.3 is 0 Å². The lowest BCUT2D eigenvalue weighted by atomic mass is 10.1. The third-order valence-corrected chi connectivity index (χ3v) is 3.91. The molecule has 0 amide bonds. The first-order valence-corrected chi connectivity index (χ1v) is 7.41. The second-order valence-electron chi connectivity index (χ2n) is 5.59. The summed E-state index contributed by atoms with van der Waals surface area (Å²) >= 11 is 0. The summed E-state index contributed by atoms with van der Waals surface area (Å²) in [6, 6.07) is 9.21. The van der Waals surface area contributed by atoms with E-state index in [0.717, 1.165) is 39.4 Å². The van der Waals surface area contributed by atoms with Crippen molar-refractivity contribution in [2.24, 2.45) is 0 Å². The van der Waals surface area contributed by atoms with Crippen molar-refractivity contribution in [3.63, 3.8) is 0 Å². The molecule has 1 saturated heterocycles. The second kappa shape index (κ2) is 6.39. The van der Waals surface area contributed by atoms with Crippen LogP contribution in [0.25, 0.3) is 10.9 Å². The molecule has 0 radical (unpaired) electrons. The van der Waals surface area contributed by atoms with Gasteiger partial charge in [-0.1, -0.05) is 6.07 Å². The van der Waals surface area contributed by atoms with Gasteiger partial charge in [-0.3, -0.25) is 4.90 Å². The van der Waals surface area contributed by atoms with Crippen LogP contribution in [0.5, 0.6) is 0 Å². The summed E-state index contributed by atoms with van der Waals surface area (Å²) in [6.45, 7) is 8.13. The van der Waals surface area contributed by atoms with E-state index in [4.69, 9.17) is 4.74 Å². The molecule has 1 aromatic carbocycles. The Kier molecular flexibility index (Phi) is 4.35. The Labute approximate surface area is 120 Å². The highest BCUT2D eigenvalue weighted by atomic mass is 16.5. The normalized spacial score (nSPS) is 18.4. The SMILES string of the molecule is CC(CN1CCOCC1)NCc1ccc2[nH]ccc2c1. The van der Waals surface area contributed by atoms with Crippen LogP contribution in [0.15, 0.2) is 30.5 Å². The van der Waals surface area contributed by atoms with E-state index in [1.807, 2.05) is 6.20 Å². The molecule has 0 bridgehead atoms. The Bertz CT molecular complexity index is 545. The molecule has 1 atom stereocenters. The topological polar surface area (TPSA) is 40.3 Å². The van der Waals surface area contributed by atoms with E-state index >= 15 is 0 Å². The molecule has 0 aliphatic carbocycles. The minimum atomic E-state index is 0.495. The highest BCUT2D eigenvalue weighted by molar-refractivity contribution is 5.79. The molecule has 4 heteroatoms. The number of fused-ring (bicyclic) bond motifs is 1. The summed E-state index contributed by atoms with van der Waals surface area (Å²) in [5.74, 6) is 0. The summed E-state index contributed by atoms with van der Waals surface area (Å²) in [6.07, 6.45) is 1.99. The molecule has 1 fully saturated rings. The van der Waals surface area contributed by atoms with E-state index in [1.54, 1.807) is 0 Å². The predicted molar refractivity (Wildman–Crippen MR) is 81.9 cm³/mol. The van der Waals surface area contributed by atoms with Crippen LogP contribution in [0.2, 0.25) is 0 Å². The van der Waals surface area contributed by atoms with Crippen molar-refractivity contribution < 1.29 is 4.74 Å². The van der Waals surface area contributed by atoms with Crippen LogP contribution < -0.4 is 5.32 Å². The lowest BCUT2D eigenvalue weighted by Crippen LogP contribution is -2.44. The summed E-state index contributed by atoms with van der Waals surface area (Å²) in [5.41, 5.74) is 2.54. The van der Waals surface area contributed by atoms with Crippen molar-refractivity contribution >= 4 is 10.9 Å². The molecular formula is C16H23N3O. The zero-order valence-corrected chi connectivity index (χ0v) is 12.1. The molecule has 108 valence electrons. The van der Waals surface area contributed by atoms with Crippen molar-refractivity contribution in [1.82, 2.24) is 15.2 Å². The molecule has 1 aliphatic rings. The lowest BCUT2D eigenvalue weighted by Gasteiger charge is -2.29. The van der Waals surface area contributed by atoms with Gasteiger partial charge in [0.1, 0.15) is 0 Å². The standard InChI is InChI=1S/C16H23N3O/c1-13(12-19-6-8-20-9-7-19)18-11-14-2-3-16-15(10-14)4-5-17-16/h2-5,10,13,17-18H,6-9,11-12H2,1H3. The third kappa shape index (κ3) is 3.39. The zero-order valence-electron chi connectivity index (χ0n) is 12.1. The second-order valence-corrected chi connectivity index (χ2v) is 5.59. The van der Waals surface area contributed by atoms with Gasteiger partial charge < -0.3 is 15.0 Å². The molecule has 2 heterocycles. The number of ether oxygens (including phenoxy) is 1. The average Bonchev–Trinajstić information content (AvgIpc) is 2.93. The number of hydrogen-bond donors (Lipinski definition) is 2. The van der Waals surface area contributed by atoms with Crippen molar-refractivity contribution in [2.75, 3.05) is 32.8 Å². The van der Waals surface area contributed by atoms with Gasteiger partial charge in [-0.15, -0.1) is 0 Å². The van der Waals surface area contributed by atoms with E-state index in [9.17, 15) is 0 Å². The summed E-state index contributed by atoms with van der Waals surface area (Å²) < 4.78 is 5.38. The highest BCUT2D eigenvalue weighted by Crippen LogP contribution is 2.14. The van der Waals surface area contributed by atoms with E-state index in [0.29, 0.717) is 6.04 Å². The Morgan fingerprint density at radius 1 is 1.30 bits per heavy atom. The summed E-state index contributed by atoms with van der Waals surface area (Å²) in [7, 11) is 0. The van der Waals surface area contributed by atoms with Crippen LogP contribution in [0.3, 0.4) is 0 Å².